The summed E-state index contributed by atoms with van der Waals surface area (Å²) >= 11 is 6.28. The van der Waals surface area contributed by atoms with Crippen molar-refractivity contribution < 1.29 is 4.74 Å². The maximum atomic E-state index is 6.28. The van der Waals surface area contributed by atoms with E-state index >= 15 is 0 Å². The maximum Gasteiger partial charge on any atom is 0.126 e. The Morgan fingerprint density at radius 2 is 2.14 bits per heavy atom. The normalized spacial score (nSPS) is 16.4. The molecule has 0 saturated carbocycles. The first-order valence-corrected chi connectivity index (χ1v) is 8.22. The summed E-state index contributed by atoms with van der Waals surface area (Å²) in [7, 11) is 2.14. The fraction of sp³-hybridized carbons (Fsp3) is 0.688. The minimum atomic E-state index is 0.726. The summed E-state index contributed by atoms with van der Waals surface area (Å²) in [6, 6.07) is 3.88. The van der Waals surface area contributed by atoms with Crippen LogP contribution in [0.4, 0.5) is 5.82 Å². The molecular formula is C16H26ClN3O. The average molecular weight is 312 g/mol. The molecule has 0 unspecified atom stereocenters. The molecule has 0 aromatic carbocycles. The fourth-order valence-corrected chi connectivity index (χ4v) is 2.80. The van der Waals surface area contributed by atoms with Crippen molar-refractivity contribution in [2.45, 2.75) is 32.7 Å². The largest absolute Gasteiger partial charge is 0.381 e. The summed E-state index contributed by atoms with van der Waals surface area (Å²) in [6.07, 6.45) is 3.40. The Balaban J connectivity index is 1.90. The first-order chi connectivity index (χ1) is 10.2. The maximum absolute atomic E-state index is 6.28. The number of nitrogens with one attached hydrogen (secondary N) is 1. The number of nitrogens with zero attached hydrogens (tertiary/aromatic N) is 2. The van der Waals surface area contributed by atoms with Crippen molar-refractivity contribution in [3.63, 3.8) is 0 Å². The van der Waals surface area contributed by atoms with Crippen molar-refractivity contribution in [2.75, 3.05) is 38.7 Å². The molecule has 1 aliphatic heterocycles. The van der Waals surface area contributed by atoms with E-state index in [2.05, 4.69) is 29.2 Å². The summed E-state index contributed by atoms with van der Waals surface area (Å²) in [5.41, 5.74) is 0.951. The standard InChI is InChI=1S/C16H26ClN3O/c1-3-8-18-16-5-4-14(17)15(19-16)12-20(2)11-13-6-9-21-10-7-13/h4-5,13H,3,6-12H2,1-2H3,(H,18,19). The van der Waals surface area contributed by atoms with Gasteiger partial charge in [0.15, 0.2) is 0 Å². The average Bonchev–Trinajstić information content (AvgIpc) is 2.49. The Morgan fingerprint density at radius 3 is 2.86 bits per heavy atom. The molecule has 21 heavy (non-hydrogen) atoms. The Morgan fingerprint density at radius 1 is 1.38 bits per heavy atom. The molecule has 2 rings (SSSR count). The summed E-state index contributed by atoms with van der Waals surface area (Å²) in [4.78, 5) is 6.95. The zero-order valence-electron chi connectivity index (χ0n) is 13.1. The number of hydrogen-bond acceptors (Lipinski definition) is 4. The quantitative estimate of drug-likeness (QED) is 0.837. The van der Waals surface area contributed by atoms with Crippen molar-refractivity contribution in [2.24, 2.45) is 5.92 Å². The highest BCUT2D eigenvalue weighted by atomic mass is 35.5. The van der Waals surface area contributed by atoms with Gasteiger partial charge in [-0.15, -0.1) is 0 Å². The highest BCUT2D eigenvalue weighted by Gasteiger charge is 2.16. The van der Waals surface area contributed by atoms with E-state index in [1.807, 2.05) is 12.1 Å². The van der Waals surface area contributed by atoms with Crippen LogP contribution in [0, 0.1) is 5.92 Å². The zero-order valence-corrected chi connectivity index (χ0v) is 13.8. The van der Waals surface area contributed by atoms with Gasteiger partial charge in [-0.25, -0.2) is 4.98 Å². The molecule has 5 heteroatoms. The molecular weight excluding hydrogens is 286 g/mol. The van der Waals surface area contributed by atoms with Crippen molar-refractivity contribution in [1.82, 2.24) is 9.88 Å². The van der Waals surface area contributed by atoms with E-state index in [-0.39, 0.29) is 0 Å². The monoisotopic (exact) mass is 311 g/mol. The summed E-state index contributed by atoms with van der Waals surface area (Å²) in [5.74, 6) is 1.64. The molecule has 1 saturated heterocycles. The molecule has 1 aliphatic rings. The molecule has 4 nitrogen and oxygen atoms in total. The molecule has 1 aromatic heterocycles. The van der Waals surface area contributed by atoms with E-state index in [1.54, 1.807) is 0 Å². The summed E-state index contributed by atoms with van der Waals surface area (Å²) < 4.78 is 5.41. The third-order valence-corrected chi connectivity index (χ3v) is 4.15. The first-order valence-electron chi connectivity index (χ1n) is 7.84. The second-order valence-electron chi connectivity index (χ2n) is 5.80. The van der Waals surface area contributed by atoms with Gasteiger partial charge in [0.1, 0.15) is 5.82 Å². The van der Waals surface area contributed by atoms with Crippen molar-refractivity contribution in [3.05, 3.63) is 22.8 Å². The second kappa shape index (κ2) is 8.57. The van der Waals surface area contributed by atoms with Crippen LogP contribution in [0.15, 0.2) is 12.1 Å². The molecule has 0 amide bonds. The van der Waals surface area contributed by atoms with Gasteiger partial charge in [-0.2, -0.15) is 0 Å². The molecule has 1 N–H and O–H groups in total. The van der Waals surface area contributed by atoms with Gasteiger partial charge in [-0.3, -0.25) is 0 Å². The van der Waals surface area contributed by atoms with Gasteiger partial charge in [-0.1, -0.05) is 18.5 Å². The molecule has 0 aliphatic carbocycles. The SMILES string of the molecule is CCCNc1ccc(Cl)c(CN(C)CC2CCOCC2)n1. The minimum absolute atomic E-state index is 0.726. The smallest absolute Gasteiger partial charge is 0.126 e. The topological polar surface area (TPSA) is 37.4 Å². The molecule has 1 fully saturated rings. The van der Waals surface area contributed by atoms with Crippen molar-refractivity contribution >= 4 is 17.4 Å². The summed E-state index contributed by atoms with van der Waals surface area (Å²) in [6.45, 7) is 6.74. The van der Waals surface area contributed by atoms with Crippen LogP contribution in [0.5, 0.6) is 0 Å². The predicted molar refractivity (Wildman–Crippen MR) is 87.9 cm³/mol. The summed E-state index contributed by atoms with van der Waals surface area (Å²) in [5, 5.41) is 4.06. The highest BCUT2D eigenvalue weighted by molar-refractivity contribution is 6.31. The van der Waals surface area contributed by atoms with Crippen LogP contribution in [0.25, 0.3) is 0 Å². The second-order valence-corrected chi connectivity index (χ2v) is 6.21. The van der Waals surface area contributed by atoms with E-state index in [0.717, 1.165) is 74.6 Å². The molecule has 0 bridgehead atoms. The van der Waals surface area contributed by atoms with Gasteiger partial charge in [0.25, 0.3) is 0 Å². The lowest BCUT2D eigenvalue weighted by Gasteiger charge is -2.27. The number of pyridine rings is 1. The van der Waals surface area contributed by atoms with Gasteiger partial charge < -0.3 is 15.0 Å². The molecule has 0 spiro atoms. The van der Waals surface area contributed by atoms with Crippen LogP contribution in [-0.4, -0.2) is 43.2 Å². The van der Waals surface area contributed by atoms with Crippen molar-refractivity contribution in [1.29, 1.82) is 0 Å². The number of anilines is 1. The predicted octanol–water partition coefficient (Wildman–Crippen LogP) is 3.42. The Hall–Kier alpha value is -0.840. The fourth-order valence-electron chi connectivity index (χ4n) is 2.64. The third kappa shape index (κ3) is 5.46. The molecule has 0 atom stereocenters. The van der Waals surface area contributed by atoms with E-state index in [4.69, 9.17) is 16.3 Å². The number of aromatic nitrogens is 1. The van der Waals surface area contributed by atoms with E-state index in [0.29, 0.717) is 0 Å². The van der Waals surface area contributed by atoms with Crippen LogP contribution in [0.1, 0.15) is 31.9 Å². The van der Waals surface area contributed by atoms with E-state index in [1.165, 1.54) is 0 Å². The van der Waals surface area contributed by atoms with Gasteiger partial charge in [0.05, 0.1) is 10.7 Å². The molecule has 0 radical (unpaired) electrons. The third-order valence-electron chi connectivity index (χ3n) is 3.81. The molecule has 118 valence electrons. The highest BCUT2D eigenvalue weighted by Crippen LogP contribution is 2.20. The van der Waals surface area contributed by atoms with Gasteiger partial charge in [0, 0.05) is 32.8 Å². The Kier molecular flexibility index (Phi) is 6.74. The van der Waals surface area contributed by atoms with Crippen LogP contribution in [0.2, 0.25) is 5.02 Å². The number of rotatable bonds is 7. The van der Waals surface area contributed by atoms with E-state index in [9.17, 15) is 0 Å². The minimum Gasteiger partial charge on any atom is -0.381 e. The number of halogens is 1. The Labute approximate surface area is 132 Å². The van der Waals surface area contributed by atoms with Crippen LogP contribution < -0.4 is 5.32 Å². The number of hydrogen-bond donors (Lipinski definition) is 1. The van der Waals surface area contributed by atoms with Gasteiger partial charge >= 0.3 is 0 Å². The number of ether oxygens (including phenoxy) is 1. The lowest BCUT2D eigenvalue weighted by atomic mass is 10.00. The van der Waals surface area contributed by atoms with Gasteiger partial charge in [0.2, 0.25) is 0 Å². The Bertz CT molecular complexity index is 436. The molecule has 2 heterocycles. The van der Waals surface area contributed by atoms with Crippen LogP contribution >= 0.6 is 11.6 Å². The van der Waals surface area contributed by atoms with Gasteiger partial charge in [-0.05, 0) is 44.4 Å². The van der Waals surface area contributed by atoms with E-state index < -0.39 is 0 Å². The molecule has 1 aromatic rings. The first kappa shape index (κ1) is 16.5. The zero-order chi connectivity index (χ0) is 15.1. The lowest BCUT2D eigenvalue weighted by Crippen LogP contribution is -2.29. The van der Waals surface area contributed by atoms with Crippen LogP contribution in [-0.2, 0) is 11.3 Å². The lowest BCUT2D eigenvalue weighted by molar-refractivity contribution is 0.0548. The van der Waals surface area contributed by atoms with Crippen LogP contribution in [0.3, 0.4) is 0 Å². The van der Waals surface area contributed by atoms with Crippen molar-refractivity contribution in [3.8, 4) is 0 Å².